The van der Waals surface area contributed by atoms with E-state index in [2.05, 4.69) is 38.4 Å². The van der Waals surface area contributed by atoms with Gasteiger partial charge in [-0.25, -0.2) is 5.43 Å². The van der Waals surface area contributed by atoms with Gasteiger partial charge in [0.05, 0.1) is 6.21 Å². The number of phenolic OH excluding ortho intramolecular Hbond substituents is 1. The first-order valence-electron chi connectivity index (χ1n) is 8.46. The fourth-order valence-corrected chi connectivity index (χ4v) is 3.48. The molecule has 0 aliphatic carbocycles. The predicted octanol–water partition coefficient (Wildman–Crippen LogP) is 3.98. The van der Waals surface area contributed by atoms with Crippen LogP contribution in [0.2, 0.25) is 0 Å². The second kappa shape index (κ2) is 9.99. The second-order valence-corrected chi connectivity index (χ2v) is 8.02. The van der Waals surface area contributed by atoms with Crippen molar-refractivity contribution in [1.82, 2.24) is 10.7 Å². The van der Waals surface area contributed by atoms with E-state index in [-0.39, 0.29) is 11.4 Å². The molecule has 0 aliphatic heterocycles. The van der Waals surface area contributed by atoms with E-state index in [1.165, 1.54) is 17.6 Å². The van der Waals surface area contributed by atoms with Crippen molar-refractivity contribution in [3.8, 4) is 5.75 Å². The number of nitrogens with zero attached hydrogens (tertiary/aromatic N) is 1. The molecule has 1 aromatic heterocycles. The number of rotatable bonds is 6. The van der Waals surface area contributed by atoms with Gasteiger partial charge in [0.25, 0.3) is 11.8 Å². The van der Waals surface area contributed by atoms with Crippen molar-refractivity contribution in [1.29, 1.82) is 0 Å². The van der Waals surface area contributed by atoms with Crippen molar-refractivity contribution >= 4 is 58.0 Å². The van der Waals surface area contributed by atoms with E-state index in [4.69, 9.17) is 0 Å². The van der Waals surface area contributed by atoms with Crippen LogP contribution in [-0.2, 0) is 4.79 Å². The average Bonchev–Trinajstić information content (AvgIpc) is 3.23. The molecule has 0 radical (unpaired) electrons. The van der Waals surface area contributed by atoms with E-state index in [0.29, 0.717) is 11.1 Å². The quantitative estimate of drug-likeness (QED) is 0.200. The van der Waals surface area contributed by atoms with E-state index in [1.54, 1.807) is 54.6 Å². The van der Waals surface area contributed by atoms with Crippen LogP contribution < -0.4 is 10.7 Å². The van der Waals surface area contributed by atoms with Crippen molar-refractivity contribution < 1.29 is 14.7 Å². The number of carbonyl (C=O) groups is 2. The monoisotopic (exact) mass is 517 g/mol. The van der Waals surface area contributed by atoms with Gasteiger partial charge >= 0.3 is 0 Å². The van der Waals surface area contributed by atoms with Gasteiger partial charge in [-0.05, 0) is 70.4 Å². The third-order valence-electron chi connectivity index (χ3n) is 3.72. The third kappa shape index (κ3) is 6.00. The molecule has 29 heavy (non-hydrogen) atoms. The summed E-state index contributed by atoms with van der Waals surface area (Å²) in [4.78, 5) is 25.9. The van der Waals surface area contributed by atoms with Gasteiger partial charge in [0.1, 0.15) is 11.4 Å². The number of halogens is 1. The summed E-state index contributed by atoms with van der Waals surface area (Å²) < 4.78 is 0.918. The van der Waals surface area contributed by atoms with E-state index in [0.717, 1.165) is 8.45 Å². The Balaban J connectivity index is 1.77. The minimum absolute atomic E-state index is 0.0511. The molecule has 6 nitrogen and oxygen atoms in total. The Morgan fingerprint density at radius 3 is 2.59 bits per heavy atom. The smallest absolute Gasteiger partial charge is 0.287 e. The standard InChI is InChI=1S/C21H16IN3O3S/c22-16-8-9-19(26)15(11-16)13-23-25-21(28)18(12-17-7-4-10-29-17)24-20(27)14-5-2-1-3-6-14/h1-13,26H,(H,24,27)(H,25,28)/b18-12+,23-13-. The average molecular weight is 517 g/mol. The summed E-state index contributed by atoms with van der Waals surface area (Å²) >= 11 is 3.55. The molecule has 0 spiro atoms. The number of hydrogen-bond acceptors (Lipinski definition) is 5. The van der Waals surface area contributed by atoms with E-state index >= 15 is 0 Å². The van der Waals surface area contributed by atoms with Crippen LogP contribution in [0, 0.1) is 3.57 Å². The molecular formula is C21H16IN3O3S. The first-order valence-corrected chi connectivity index (χ1v) is 10.4. The zero-order chi connectivity index (χ0) is 20.6. The number of amides is 2. The molecule has 2 aromatic carbocycles. The largest absolute Gasteiger partial charge is 0.507 e. The number of hydrogen-bond donors (Lipinski definition) is 3. The summed E-state index contributed by atoms with van der Waals surface area (Å²) in [5.41, 5.74) is 3.35. The number of carbonyl (C=O) groups excluding carboxylic acids is 2. The SMILES string of the molecule is O=C(N/N=C\c1cc(I)ccc1O)/C(=C\c1cccs1)NC(=O)c1ccccc1. The number of aromatic hydroxyl groups is 1. The molecule has 3 aromatic rings. The van der Waals surface area contributed by atoms with Gasteiger partial charge in [0.15, 0.2) is 0 Å². The number of benzene rings is 2. The lowest BCUT2D eigenvalue weighted by molar-refractivity contribution is -0.117. The van der Waals surface area contributed by atoms with Gasteiger partial charge in [-0.3, -0.25) is 9.59 Å². The van der Waals surface area contributed by atoms with Crippen LogP contribution in [0.15, 0.2) is 76.8 Å². The van der Waals surface area contributed by atoms with Gasteiger partial charge < -0.3 is 10.4 Å². The highest BCUT2D eigenvalue weighted by molar-refractivity contribution is 14.1. The van der Waals surface area contributed by atoms with Crippen molar-refractivity contribution in [2.75, 3.05) is 0 Å². The Bertz CT molecular complexity index is 1060. The van der Waals surface area contributed by atoms with Gasteiger partial charge in [0, 0.05) is 19.6 Å². The van der Waals surface area contributed by atoms with Crippen LogP contribution in [0.1, 0.15) is 20.8 Å². The fourth-order valence-electron chi connectivity index (χ4n) is 2.31. The molecule has 1 heterocycles. The highest BCUT2D eigenvalue weighted by Gasteiger charge is 2.14. The molecule has 2 amide bonds. The van der Waals surface area contributed by atoms with Crippen molar-refractivity contribution in [3.05, 3.63) is 91.3 Å². The van der Waals surface area contributed by atoms with Crippen LogP contribution in [-0.4, -0.2) is 23.1 Å². The highest BCUT2D eigenvalue weighted by Crippen LogP contribution is 2.17. The van der Waals surface area contributed by atoms with Crippen LogP contribution in [0.4, 0.5) is 0 Å². The maximum atomic E-state index is 12.6. The number of hydrazone groups is 1. The van der Waals surface area contributed by atoms with E-state index in [9.17, 15) is 14.7 Å². The summed E-state index contributed by atoms with van der Waals surface area (Å²) in [5, 5.41) is 18.3. The van der Waals surface area contributed by atoms with Crippen LogP contribution in [0.25, 0.3) is 6.08 Å². The normalized spacial score (nSPS) is 11.4. The summed E-state index contributed by atoms with van der Waals surface area (Å²) in [7, 11) is 0. The molecule has 0 unspecified atom stereocenters. The van der Waals surface area contributed by atoms with Crippen molar-refractivity contribution in [2.45, 2.75) is 0 Å². The Kier molecular flexibility index (Phi) is 7.14. The highest BCUT2D eigenvalue weighted by atomic mass is 127. The van der Waals surface area contributed by atoms with Crippen LogP contribution >= 0.6 is 33.9 Å². The maximum Gasteiger partial charge on any atom is 0.287 e. The Labute approximate surface area is 185 Å². The minimum Gasteiger partial charge on any atom is -0.507 e. The number of nitrogens with one attached hydrogen (secondary N) is 2. The molecule has 3 N–H and O–H groups in total. The molecule has 0 saturated heterocycles. The topological polar surface area (TPSA) is 90.8 Å². The summed E-state index contributed by atoms with van der Waals surface area (Å²) in [5.74, 6) is -0.929. The van der Waals surface area contributed by atoms with Crippen molar-refractivity contribution in [3.63, 3.8) is 0 Å². The number of phenols is 1. The summed E-state index contributed by atoms with van der Waals surface area (Å²) in [6, 6.07) is 17.3. The van der Waals surface area contributed by atoms with Gasteiger partial charge in [0.2, 0.25) is 0 Å². The fraction of sp³-hybridized carbons (Fsp3) is 0. The van der Waals surface area contributed by atoms with Crippen LogP contribution in [0.3, 0.4) is 0 Å². The van der Waals surface area contributed by atoms with E-state index in [1.807, 2.05) is 17.5 Å². The van der Waals surface area contributed by atoms with Crippen molar-refractivity contribution in [2.24, 2.45) is 5.10 Å². The maximum absolute atomic E-state index is 12.6. The molecule has 146 valence electrons. The summed E-state index contributed by atoms with van der Waals surface area (Å²) in [6.07, 6.45) is 2.93. The Morgan fingerprint density at radius 2 is 1.86 bits per heavy atom. The second-order valence-electron chi connectivity index (χ2n) is 5.80. The molecule has 0 fully saturated rings. The lowest BCUT2D eigenvalue weighted by atomic mass is 10.2. The van der Waals surface area contributed by atoms with Crippen LogP contribution in [0.5, 0.6) is 5.75 Å². The van der Waals surface area contributed by atoms with E-state index < -0.39 is 11.8 Å². The lowest BCUT2D eigenvalue weighted by Gasteiger charge is -2.08. The molecule has 0 bridgehead atoms. The lowest BCUT2D eigenvalue weighted by Crippen LogP contribution is -2.32. The first kappa shape index (κ1) is 20.7. The summed E-state index contributed by atoms with van der Waals surface area (Å²) in [6.45, 7) is 0. The Hall–Kier alpha value is -2.98. The minimum atomic E-state index is -0.580. The molecule has 8 heteroatoms. The molecule has 0 aliphatic rings. The third-order valence-corrected chi connectivity index (χ3v) is 5.21. The molecular weight excluding hydrogens is 501 g/mol. The Morgan fingerprint density at radius 1 is 1.07 bits per heavy atom. The first-order chi connectivity index (χ1) is 14.0. The molecule has 3 rings (SSSR count). The zero-order valence-electron chi connectivity index (χ0n) is 15.0. The van der Waals surface area contributed by atoms with Gasteiger partial charge in [-0.2, -0.15) is 5.10 Å². The predicted molar refractivity (Wildman–Crippen MR) is 123 cm³/mol. The molecule has 0 saturated carbocycles. The number of thiophene rings is 1. The van der Waals surface area contributed by atoms with Gasteiger partial charge in [-0.15, -0.1) is 11.3 Å². The molecule has 0 atom stereocenters. The zero-order valence-corrected chi connectivity index (χ0v) is 18.0. The van der Waals surface area contributed by atoms with Gasteiger partial charge in [-0.1, -0.05) is 24.3 Å².